The first-order valence-electron chi connectivity index (χ1n) is 9.10. The van der Waals surface area contributed by atoms with Crippen LogP contribution in [0, 0.1) is 5.92 Å². The average Bonchev–Trinajstić information content (AvgIpc) is 3.23. The largest absolute Gasteiger partial charge is 0.377 e. The van der Waals surface area contributed by atoms with Crippen LogP contribution >= 0.6 is 11.8 Å². The predicted octanol–water partition coefficient (Wildman–Crippen LogP) is 2.70. The van der Waals surface area contributed by atoms with E-state index >= 15 is 0 Å². The summed E-state index contributed by atoms with van der Waals surface area (Å²) in [5, 5.41) is 5.42. The van der Waals surface area contributed by atoms with Crippen LogP contribution in [0.2, 0.25) is 0 Å². The zero-order chi connectivity index (χ0) is 17.0. The number of likely N-dealkylation sites (tertiary alicyclic amines) is 1. The van der Waals surface area contributed by atoms with Crippen LogP contribution in [0.5, 0.6) is 0 Å². The van der Waals surface area contributed by atoms with E-state index in [9.17, 15) is 4.79 Å². The second kappa shape index (κ2) is 5.74. The summed E-state index contributed by atoms with van der Waals surface area (Å²) < 4.78 is 8.07. The van der Waals surface area contributed by atoms with Gasteiger partial charge < -0.3 is 9.64 Å². The maximum atomic E-state index is 12.9. The molecule has 5 nitrogen and oxygen atoms in total. The molecule has 25 heavy (non-hydrogen) atoms. The second-order valence-corrected chi connectivity index (χ2v) is 9.24. The quantitative estimate of drug-likeness (QED) is 0.844. The lowest BCUT2D eigenvalue weighted by Gasteiger charge is -2.47. The van der Waals surface area contributed by atoms with Gasteiger partial charge in [-0.05, 0) is 31.2 Å². The van der Waals surface area contributed by atoms with E-state index in [1.807, 2.05) is 48.0 Å². The van der Waals surface area contributed by atoms with Gasteiger partial charge in [-0.2, -0.15) is 5.10 Å². The number of amides is 1. The van der Waals surface area contributed by atoms with E-state index in [2.05, 4.69) is 5.10 Å². The Morgan fingerprint density at radius 3 is 2.96 bits per heavy atom. The third-order valence-corrected chi connectivity index (χ3v) is 7.22. The number of ether oxygens (including phenoxy) is 1. The van der Waals surface area contributed by atoms with E-state index in [0.717, 1.165) is 48.7 Å². The third-order valence-electron chi connectivity index (χ3n) is 5.65. The van der Waals surface area contributed by atoms with Gasteiger partial charge >= 0.3 is 0 Å². The van der Waals surface area contributed by atoms with Gasteiger partial charge in [0.05, 0.1) is 16.4 Å². The molecule has 1 atom stereocenters. The van der Waals surface area contributed by atoms with Crippen molar-refractivity contribution in [2.45, 2.75) is 30.1 Å². The molecule has 0 N–H and O–H groups in total. The van der Waals surface area contributed by atoms with E-state index in [1.165, 1.54) is 12.8 Å². The summed E-state index contributed by atoms with van der Waals surface area (Å²) in [6.07, 6.45) is 4.13. The number of para-hydroxylation sites is 1. The fraction of sp³-hybridized carbons (Fsp3) is 0.579. The molecule has 5 rings (SSSR count). The summed E-state index contributed by atoms with van der Waals surface area (Å²) in [5.74, 6) is 1.95. The van der Waals surface area contributed by atoms with Crippen molar-refractivity contribution in [3.63, 3.8) is 0 Å². The first-order chi connectivity index (χ1) is 12.1. The maximum Gasteiger partial charge on any atom is 0.275 e. The number of hydrogen-bond acceptors (Lipinski definition) is 4. The van der Waals surface area contributed by atoms with E-state index in [-0.39, 0.29) is 10.7 Å². The summed E-state index contributed by atoms with van der Waals surface area (Å²) in [6, 6.07) is 7.93. The SMILES string of the molecule is Cn1nc(C(=O)N2CC3(C[C@H](OCC4CC4)CS3)C2)c2ccccc21. The molecule has 3 heterocycles. The molecule has 2 saturated heterocycles. The molecule has 0 unspecified atom stereocenters. The molecule has 0 bridgehead atoms. The summed E-state index contributed by atoms with van der Waals surface area (Å²) in [5.41, 5.74) is 1.59. The van der Waals surface area contributed by atoms with Crippen LogP contribution in [0.3, 0.4) is 0 Å². The molecule has 2 aliphatic heterocycles. The molecule has 1 saturated carbocycles. The molecule has 3 aliphatic rings. The monoisotopic (exact) mass is 357 g/mol. The summed E-state index contributed by atoms with van der Waals surface area (Å²) in [6.45, 7) is 2.58. The van der Waals surface area contributed by atoms with E-state index < -0.39 is 0 Å². The fourth-order valence-corrected chi connectivity index (χ4v) is 5.55. The lowest BCUT2D eigenvalue weighted by molar-refractivity contribution is 0.0285. The fourth-order valence-electron chi connectivity index (χ4n) is 4.00. The number of fused-ring (bicyclic) bond motifs is 1. The molecule has 2 aromatic rings. The molecular formula is C19H23N3O2S. The van der Waals surface area contributed by atoms with Crippen LogP contribution in [0.15, 0.2) is 24.3 Å². The standard InChI is InChI=1S/C19H23N3O2S/c1-21-16-5-3-2-4-15(16)17(20-21)18(23)22-11-19(12-22)8-14(10-25-19)24-9-13-6-7-13/h2-5,13-14H,6-12H2,1H3/t14-/m0/s1. The summed E-state index contributed by atoms with van der Waals surface area (Å²) >= 11 is 1.99. The molecule has 1 amide bonds. The van der Waals surface area contributed by atoms with Gasteiger partial charge in [0.1, 0.15) is 0 Å². The van der Waals surface area contributed by atoms with Crippen LogP contribution in [0.4, 0.5) is 0 Å². The number of carbonyl (C=O) groups excluding carboxylic acids is 1. The normalized spacial score (nSPS) is 24.8. The van der Waals surface area contributed by atoms with Crippen molar-refractivity contribution in [3.05, 3.63) is 30.0 Å². The Labute approximate surface area is 151 Å². The number of thioether (sulfide) groups is 1. The summed E-state index contributed by atoms with van der Waals surface area (Å²) in [7, 11) is 1.89. The Balaban J connectivity index is 1.25. The van der Waals surface area contributed by atoms with Crippen LogP contribution in [-0.4, -0.2) is 56.9 Å². The van der Waals surface area contributed by atoms with E-state index in [4.69, 9.17) is 4.74 Å². The molecule has 3 fully saturated rings. The average molecular weight is 357 g/mol. The number of rotatable bonds is 4. The van der Waals surface area contributed by atoms with Gasteiger partial charge in [-0.1, -0.05) is 18.2 Å². The number of aromatic nitrogens is 2. The topological polar surface area (TPSA) is 47.4 Å². The minimum Gasteiger partial charge on any atom is -0.377 e. The number of aryl methyl sites for hydroxylation is 1. The van der Waals surface area contributed by atoms with E-state index in [0.29, 0.717) is 11.8 Å². The highest BCUT2D eigenvalue weighted by Gasteiger charge is 2.51. The van der Waals surface area contributed by atoms with Gasteiger partial charge in [-0.3, -0.25) is 9.48 Å². The lowest BCUT2D eigenvalue weighted by atomic mass is 9.92. The van der Waals surface area contributed by atoms with Crippen molar-refractivity contribution in [3.8, 4) is 0 Å². The molecule has 132 valence electrons. The van der Waals surface area contributed by atoms with Gasteiger partial charge in [-0.15, -0.1) is 11.8 Å². The minimum atomic E-state index is 0.0605. The predicted molar refractivity (Wildman–Crippen MR) is 98.9 cm³/mol. The number of nitrogens with zero attached hydrogens (tertiary/aromatic N) is 3. The highest BCUT2D eigenvalue weighted by atomic mass is 32.2. The zero-order valence-corrected chi connectivity index (χ0v) is 15.3. The molecule has 6 heteroatoms. The van der Waals surface area contributed by atoms with Crippen LogP contribution in [0.25, 0.3) is 10.9 Å². The molecule has 1 aromatic heterocycles. The third kappa shape index (κ3) is 2.75. The number of hydrogen-bond donors (Lipinski definition) is 0. The van der Waals surface area contributed by atoms with Crippen LogP contribution in [-0.2, 0) is 11.8 Å². The number of carbonyl (C=O) groups is 1. The Hall–Kier alpha value is -1.53. The van der Waals surface area contributed by atoms with Crippen molar-refractivity contribution < 1.29 is 9.53 Å². The molecule has 1 aliphatic carbocycles. The maximum absolute atomic E-state index is 12.9. The first-order valence-corrected chi connectivity index (χ1v) is 10.1. The highest BCUT2D eigenvalue weighted by Crippen LogP contribution is 2.47. The van der Waals surface area contributed by atoms with Gasteiger partial charge in [0.15, 0.2) is 5.69 Å². The Kier molecular flexibility index (Phi) is 3.61. The van der Waals surface area contributed by atoms with Crippen LogP contribution < -0.4 is 0 Å². The Morgan fingerprint density at radius 1 is 1.36 bits per heavy atom. The molecule has 0 radical (unpaired) electrons. The molecular weight excluding hydrogens is 334 g/mol. The zero-order valence-electron chi connectivity index (χ0n) is 14.5. The highest BCUT2D eigenvalue weighted by molar-refractivity contribution is 8.01. The second-order valence-electron chi connectivity index (χ2n) is 7.75. The lowest BCUT2D eigenvalue weighted by Crippen LogP contribution is -2.60. The van der Waals surface area contributed by atoms with Crippen molar-refractivity contribution in [1.82, 2.24) is 14.7 Å². The molecule has 1 spiro atoms. The van der Waals surface area contributed by atoms with Gasteiger partial charge in [0, 0.05) is 37.9 Å². The van der Waals surface area contributed by atoms with Crippen molar-refractivity contribution in [2.75, 3.05) is 25.4 Å². The van der Waals surface area contributed by atoms with Crippen molar-refractivity contribution >= 4 is 28.6 Å². The van der Waals surface area contributed by atoms with Crippen molar-refractivity contribution in [1.29, 1.82) is 0 Å². The smallest absolute Gasteiger partial charge is 0.275 e. The molecule has 1 aromatic carbocycles. The van der Waals surface area contributed by atoms with Gasteiger partial charge in [0.2, 0.25) is 0 Å². The summed E-state index contributed by atoms with van der Waals surface area (Å²) in [4.78, 5) is 14.9. The van der Waals surface area contributed by atoms with Crippen LogP contribution in [0.1, 0.15) is 29.8 Å². The van der Waals surface area contributed by atoms with Crippen molar-refractivity contribution in [2.24, 2.45) is 13.0 Å². The Bertz CT molecular complexity index is 823. The number of benzene rings is 1. The van der Waals surface area contributed by atoms with Gasteiger partial charge in [-0.25, -0.2) is 0 Å². The first kappa shape index (κ1) is 15.7. The minimum absolute atomic E-state index is 0.0605. The van der Waals surface area contributed by atoms with Gasteiger partial charge in [0.25, 0.3) is 5.91 Å². The Morgan fingerprint density at radius 2 is 2.16 bits per heavy atom. The van der Waals surface area contributed by atoms with E-state index in [1.54, 1.807) is 4.68 Å².